The number of hydrogen-bond donors (Lipinski definition) is 3. The highest BCUT2D eigenvalue weighted by Gasteiger charge is 2.11. The summed E-state index contributed by atoms with van der Waals surface area (Å²) in [5, 5.41) is 17.1. The summed E-state index contributed by atoms with van der Waals surface area (Å²) in [4.78, 5) is 27.9. The van der Waals surface area contributed by atoms with Crippen molar-refractivity contribution in [3.8, 4) is 5.75 Å². The lowest BCUT2D eigenvalue weighted by molar-refractivity contribution is -0.120. The van der Waals surface area contributed by atoms with Gasteiger partial charge in [-0.15, -0.1) is 0 Å². The molecule has 0 aliphatic carbocycles. The van der Waals surface area contributed by atoms with Gasteiger partial charge in [0, 0.05) is 19.3 Å². The molecule has 6 nitrogen and oxygen atoms in total. The lowest BCUT2D eigenvalue weighted by Crippen LogP contribution is -2.35. The van der Waals surface area contributed by atoms with E-state index in [0.29, 0.717) is 6.54 Å². The molecule has 0 aliphatic rings. The lowest BCUT2D eigenvalue weighted by Gasteiger charge is -2.09. The summed E-state index contributed by atoms with van der Waals surface area (Å²) in [6, 6.07) is 16.8. The average molecular weight is 349 g/mol. The lowest BCUT2D eigenvalue weighted by atomic mass is 10.0. The Hall–Kier alpha value is -3.41. The fraction of sp³-hybridized carbons (Fsp3) is 0.150. The van der Waals surface area contributed by atoms with Crippen molar-refractivity contribution in [3.05, 3.63) is 72.1 Å². The van der Waals surface area contributed by atoms with Gasteiger partial charge >= 0.3 is 0 Å². The first-order valence-corrected chi connectivity index (χ1v) is 8.30. The van der Waals surface area contributed by atoms with Crippen molar-refractivity contribution in [1.29, 1.82) is 0 Å². The van der Waals surface area contributed by atoms with Crippen molar-refractivity contribution < 1.29 is 14.7 Å². The van der Waals surface area contributed by atoms with Crippen LogP contribution in [-0.4, -0.2) is 35.0 Å². The van der Waals surface area contributed by atoms with E-state index < -0.39 is 5.91 Å². The zero-order valence-corrected chi connectivity index (χ0v) is 14.1. The van der Waals surface area contributed by atoms with Crippen LogP contribution in [0.25, 0.3) is 10.8 Å². The van der Waals surface area contributed by atoms with Gasteiger partial charge in [-0.3, -0.25) is 9.59 Å². The van der Waals surface area contributed by atoms with Crippen LogP contribution in [0.1, 0.15) is 16.1 Å². The molecule has 2 aromatic carbocycles. The van der Waals surface area contributed by atoms with Crippen molar-refractivity contribution >= 4 is 22.6 Å². The number of nitrogens with one attached hydrogen (secondary N) is 2. The van der Waals surface area contributed by atoms with Crippen LogP contribution in [0.2, 0.25) is 0 Å². The maximum absolute atomic E-state index is 12.1. The number of rotatable bonds is 6. The first-order chi connectivity index (χ1) is 12.6. The summed E-state index contributed by atoms with van der Waals surface area (Å²) in [6.45, 7) is 0.541. The van der Waals surface area contributed by atoms with Gasteiger partial charge in [0.2, 0.25) is 5.91 Å². The van der Waals surface area contributed by atoms with Crippen LogP contribution in [0.5, 0.6) is 5.75 Å². The molecule has 0 spiro atoms. The quantitative estimate of drug-likeness (QED) is 0.594. The molecule has 3 N–H and O–H groups in total. The summed E-state index contributed by atoms with van der Waals surface area (Å²) in [5.41, 5.74) is 0.928. The second kappa shape index (κ2) is 8.11. The minimum atomic E-state index is -0.480. The number of aromatic nitrogens is 1. The smallest absolute Gasteiger partial charge is 0.273 e. The number of benzene rings is 2. The molecule has 0 unspecified atom stereocenters. The molecule has 0 aliphatic heterocycles. The first-order valence-electron chi connectivity index (χ1n) is 8.30. The van der Waals surface area contributed by atoms with Gasteiger partial charge in [-0.05, 0) is 28.5 Å². The Kier molecular flexibility index (Phi) is 5.43. The Bertz CT molecular complexity index is 935. The molecule has 6 heteroatoms. The maximum Gasteiger partial charge on any atom is 0.273 e. The molecule has 1 aromatic heterocycles. The van der Waals surface area contributed by atoms with Gasteiger partial charge in [0.05, 0.1) is 6.42 Å². The fourth-order valence-corrected chi connectivity index (χ4v) is 2.72. The highest BCUT2D eigenvalue weighted by molar-refractivity contribution is 5.94. The third kappa shape index (κ3) is 4.16. The first kappa shape index (κ1) is 17.4. The van der Waals surface area contributed by atoms with Crippen molar-refractivity contribution in [1.82, 2.24) is 15.6 Å². The molecular weight excluding hydrogens is 330 g/mol. The van der Waals surface area contributed by atoms with E-state index in [2.05, 4.69) is 15.6 Å². The van der Waals surface area contributed by atoms with E-state index in [4.69, 9.17) is 0 Å². The Morgan fingerprint density at radius 1 is 0.923 bits per heavy atom. The molecule has 0 fully saturated rings. The summed E-state index contributed by atoms with van der Waals surface area (Å²) in [6.07, 6.45) is 1.71. The molecule has 0 saturated heterocycles. The molecule has 0 saturated carbocycles. The summed E-state index contributed by atoms with van der Waals surface area (Å²) in [5.74, 6) is -0.771. The zero-order chi connectivity index (χ0) is 18.4. The largest absolute Gasteiger partial charge is 0.505 e. The SMILES string of the molecule is O=C(Cc1cccc2ccccc12)NCCNC(=O)c1ncccc1O. The zero-order valence-electron chi connectivity index (χ0n) is 14.1. The van der Waals surface area contributed by atoms with E-state index in [1.165, 1.54) is 12.3 Å². The number of nitrogens with zero attached hydrogens (tertiary/aromatic N) is 1. The van der Waals surface area contributed by atoms with E-state index in [-0.39, 0.29) is 30.3 Å². The van der Waals surface area contributed by atoms with Gasteiger partial charge in [0.1, 0.15) is 5.75 Å². The Morgan fingerprint density at radius 2 is 1.69 bits per heavy atom. The van der Waals surface area contributed by atoms with E-state index in [0.717, 1.165) is 16.3 Å². The van der Waals surface area contributed by atoms with E-state index in [9.17, 15) is 14.7 Å². The monoisotopic (exact) mass is 349 g/mol. The minimum Gasteiger partial charge on any atom is -0.505 e. The topological polar surface area (TPSA) is 91.3 Å². The third-order valence-electron chi connectivity index (χ3n) is 3.97. The van der Waals surface area contributed by atoms with Crippen LogP contribution in [0.15, 0.2) is 60.8 Å². The van der Waals surface area contributed by atoms with Crippen LogP contribution >= 0.6 is 0 Å². The van der Waals surface area contributed by atoms with Gasteiger partial charge in [-0.25, -0.2) is 4.98 Å². The predicted octanol–water partition coefficient (Wildman–Crippen LogP) is 2.03. The number of carbonyl (C=O) groups excluding carboxylic acids is 2. The van der Waals surface area contributed by atoms with Crippen molar-refractivity contribution in [2.75, 3.05) is 13.1 Å². The third-order valence-corrected chi connectivity index (χ3v) is 3.97. The second-order valence-corrected chi connectivity index (χ2v) is 5.79. The van der Waals surface area contributed by atoms with Gasteiger partial charge in [-0.2, -0.15) is 0 Å². The van der Waals surface area contributed by atoms with E-state index in [1.54, 1.807) is 6.07 Å². The van der Waals surface area contributed by atoms with Crippen LogP contribution in [0.3, 0.4) is 0 Å². The minimum absolute atomic E-state index is 0.0328. The highest BCUT2D eigenvalue weighted by Crippen LogP contribution is 2.18. The normalized spacial score (nSPS) is 10.5. The molecule has 1 heterocycles. The molecule has 3 rings (SSSR count). The van der Waals surface area contributed by atoms with Crippen LogP contribution in [-0.2, 0) is 11.2 Å². The summed E-state index contributed by atoms with van der Waals surface area (Å²) >= 11 is 0. The highest BCUT2D eigenvalue weighted by atomic mass is 16.3. The molecule has 2 amide bonds. The number of aromatic hydroxyl groups is 1. The van der Waals surface area contributed by atoms with E-state index >= 15 is 0 Å². The molecule has 0 atom stereocenters. The van der Waals surface area contributed by atoms with E-state index in [1.807, 2.05) is 42.5 Å². The fourth-order valence-electron chi connectivity index (χ4n) is 2.72. The Labute approximate surface area is 150 Å². The number of pyridine rings is 1. The van der Waals surface area contributed by atoms with Gasteiger partial charge in [0.15, 0.2) is 5.69 Å². The van der Waals surface area contributed by atoms with Crippen molar-refractivity contribution in [3.63, 3.8) is 0 Å². The molecule has 26 heavy (non-hydrogen) atoms. The predicted molar refractivity (Wildman–Crippen MR) is 98.9 cm³/mol. The second-order valence-electron chi connectivity index (χ2n) is 5.79. The number of carbonyl (C=O) groups is 2. The van der Waals surface area contributed by atoms with Crippen molar-refractivity contribution in [2.45, 2.75) is 6.42 Å². The van der Waals surface area contributed by atoms with Crippen molar-refractivity contribution in [2.24, 2.45) is 0 Å². The van der Waals surface area contributed by atoms with Crippen LogP contribution < -0.4 is 10.6 Å². The number of hydrogen-bond acceptors (Lipinski definition) is 4. The standard InChI is InChI=1S/C20H19N3O3/c24-17-9-4-10-22-19(17)20(26)23-12-11-21-18(25)13-15-7-3-6-14-5-1-2-8-16(14)15/h1-10,24H,11-13H2,(H,21,25)(H,23,26). The Balaban J connectivity index is 1.49. The molecule has 132 valence electrons. The van der Waals surface area contributed by atoms with Crippen LogP contribution in [0.4, 0.5) is 0 Å². The average Bonchev–Trinajstić information content (AvgIpc) is 2.66. The molecule has 0 radical (unpaired) electrons. The summed E-state index contributed by atoms with van der Waals surface area (Å²) in [7, 11) is 0. The maximum atomic E-state index is 12.1. The molecule has 0 bridgehead atoms. The van der Waals surface area contributed by atoms with Crippen LogP contribution in [0, 0.1) is 0 Å². The van der Waals surface area contributed by atoms with Gasteiger partial charge < -0.3 is 15.7 Å². The molecular formula is C20H19N3O3. The molecule has 3 aromatic rings. The number of amides is 2. The Morgan fingerprint density at radius 3 is 2.54 bits per heavy atom. The number of fused-ring (bicyclic) bond motifs is 1. The van der Waals surface area contributed by atoms with Gasteiger partial charge in [-0.1, -0.05) is 42.5 Å². The summed E-state index contributed by atoms with van der Waals surface area (Å²) < 4.78 is 0. The van der Waals surface area contributed by atoms with Gasteiger partial charge in [0.25, 0.3) is 5.91 Å².